The van der Waals surface area contributed by atoms with Crippen LogP contribution >= 0.6 is 11.6 Å². The van der Waals surface area contributed by atoms with Crippen molar-refractivity contribution >= 4 is 28.6 Å². The van der Waals surface area contributed by atoms with Crippen LogP contribution in [0.25, 0.3) is 22.0 Å². The Morgan fingerprint density at radius 2 is 1.93 bits per heavy atom. The number of carbonyl (C=O) groups is 1. The van der Waals surface area contributed by atoms with E-state index in [1.54, 1.807) is 29.2 Å². The molecule has 0 radical (unpaired) electrons. The maximum absolute atomic E-state index is 14.0. The van der Waals surface area contributed by atoms with E-state index >= 15 is 0 Å². The second kappa shape index (κ2) is 12.3. The number of rotatable bonds is 9. The maximum atomic E-state index is 14.0. The molecule has 0 aliphatic carbocycles. The molecule has 2 aromatic carbocycles. The molecule has 2 aromatic heterocycles. The highest BCUT2D eigenvalue weighted by Gasteiger charge is 2.39. The van der Waals surface area contributed by atoms with Crippen molar-refractivity contribution in [3.8, 4) is 16.9 Å². The van der Waals surface area contributed by atoms with E-state index in [0.29, 0.717) is 40.2 Å². The van der Waals surface area contributed by atoms with E-state index in [9.17, 15) is 31.5 Å². The first-order valence-electron chi connectivity index (χ1n) is 14.0. The Labute approximate surface area is 257 Å². The molecule has 2 aliphatic heterocycles. The van der Waals surface area contributed by atoms with E-state index in [-0.39, 0.29) is 53.8 Å². The van der Waals surface area contributed by atoms with Gasteiger partial charge in [-0.25, -0.2) is 14.5 Å². The van der Waals surface area contributed by atoms with Crippen molar-refractivity contribution in [1.29, 1.82) is 0 Å². The van der Waals surface area contributed by atoms with E-state index in [2.05, 4.69) is 15.4 Å². The predicted molar refractivity (Wildman–Crippen MR) is 152 cm³/mol. The third-order valence-electron chi connectivity index (χ3n) is 7.70. The number of hydrogen-bond acceptors (Lipinski definition) is 7. The molecule has 10 nitrogen and oxygen atoms in total. The van der Waals surface area contributed by atoms with Crippen molar-refractivity contribution < 1.29 is 36.2 Å². The minimum Gasteiger partial charge on any atom is -0.490 e. The van der Waals surface area contributed by atoms with Gasteiger partial charge in [-0.1, -0.05) is 23.7 Å². The summed E-state index contributed by atoms with van der Waals surface area (Å²) in [6.07, 6.45) is -2.02. The Balaban J connectivity index is 1.44. The number of amides is 1. The molecule has 0 unspecified atom stereocenters. The average molecular weight is 653 g/mol. The number of alkyl halides is 5. The molecule has 2 fully saturated rings. The zero-order valence-corrected chi connectivity index (χ0v) is 24.2. The number of hydrogen-bond donors (Lipinski definition) is 1. The highest BCUT2D eigenvalue weighted by atomic mass is 35.5. The number of fused-ring (bicyclic) bond motifs is 2. The third-order valence-corrected chi connectivity index (χ3v) is 7.96. The van der Waals surface area contributed by atoms with E-state index < -0.39 is 37.0 Å². The van der Waals surface area contributed by atoms with Crippen molar-refractivity contribution in [2.45, 2.75) is 50.8 Å². The Bertz CT molecular complexity index is 1780. The van der Waals surface area contributed by atoms with Gasteiger partial charge in [0.15, 0.2) is 0 Å². The summed E-state index contributed by atoms with van der Waals surface area (Å²) in [7, 11) is 0. The summed E-state index contributed by atoms with van der Waals surface area (Å²) in [6, 6.07) is 9.40. The van der Waals surface area contributed by atoms with Gasteiger partial charge in [-0.2, -0.15) is 27.1 Å². The topological polar surface area (TPSA) is 104 Å². The minimum atomic E-state index is -4.49. The summed E-state index contributed by atoms with van der Waals surface area (Å²) < 4.78 is 78.9. The molecule has 0 saturated carbocycles. The van der Waals surface area contributed by atoms with Crippen LogP contribution in [0, 0.1) is 0 Å². The third kappa shape index (κ3) is 6.73. The van der Waals surface area contributed by atoms with Gasteiger partial charge >= 0.3 is 18.8 Å². The lowest BCUT2D eigenvalue weighted by Crippen LogP contribution is -2.44. The molecule has 16 heteroatoms. The summed E-state index contributed by atoms with van der Waals surface area (Å²) in [4.78, 5) is 32.1. The number of piperidine rings is 1. The molecule has 6 rings (SSSR count). The fourth-order valence-electron chi connectivity index (χ4n) is 5.54. The summed E-state index contributed by atoms with van der Waals surface area (Å²) in [5.41, 5.74) is 0.823. The number of cyclic esters (lactones) is 1. The van der Waals surface area contributed by atoms with E-state index in [0.717, 1.165) is 6.20 Å². The molecule has 238 valence electrons. The second-order valence-corrected chi connectivity index (χ2v) is 11.2. The van der Waals surface area contributed by atoms with Crippen molar-refractivity contribution in [2.24, 2.45) is 0 Å². The lowest BCUT2D eigenvalue weighted by Gasteiger charge is -2.33. The quantitative estimate of drug-likeness (QED) is 0.243. The molecular formula is C29H26ClF5N6O4. The van der Waals surface area contributed by atoms with Gasteiger partial charge in [0.2, 0.25) is 0 Å². The van der Waals surface area contributed by atoms with Crippen LogP contribution < -0.4 is 15.6 Å². The lowest BCUT2D eigenvalue weighted by molar-refractivity contribution is -0.125. The summed E-state index contributed by atoms with van der Waals surface area (Å²) in [5.74, 6) is 0.243. The smallest absolute Gasteiger partial charge is 0.410 e. The molecule has 4 aromatic rings. The first kappa shape index (κ1) is 30.8. The zero-order valence-electron chi connectivity index (χ0n) is 23.4. The largest absolute Gasteiger partial charge is 0.490 e. The first-order valence-corrected chi connectivity index (χ1v) is 14.3. The molecule has 0 spiro atoms. The summed E-state index contributed by atoms with van der Waals surface area (Å²) in [6.45, 7) is -3.98. The van der Waals surface area contributed by atoms with Crippen molar-refractivity contribution in [2.75, 3.05) is 19.7 Å². The van der Waals surface area contributed by atoms with Gasteiger partial charge in [0.25, 0.3) is 5.56 Å². The SMILES string of the molecule is O=C1OC[C@@H]2C[C@@H](Oc3cc4c(=O)n(Cc5ccc(Cl)cc5)c(CNCC(F)(F)F)nc4cc3-c3cnn(C(F)F)c3)CCN12. The van der Waals surface area contributed by atoms with Crippen molar-refractivity contribution in [1.82, 2.24) is 29.5 Å². The lowest BCUT2D eigenvalue weighted by atomic mass is 10.0. The summed E-state index contributed by atoms with van der Waals surface area (Å²) in [5, 5.41) is 6.59. The van der Waals surface area contributed by atoms with Crippen LogP contribution in [0.3, 0.4) is 0 Å². The van der Waals surface area contributed by atoms with Gasteiger partial charge in [-0.05, 0) is 29.8 Å². The zero-order chi connectivity index (χ0) is 31.9. The predicted octanol–water partition coefficient (Wildman–Crippen LogP) is 5.37. The Hall–Kier alpha value is -4.24. The Morgan fingerprint density at radius 1 is 1.16 bits per heavy atom. The van der Waals surface area contributed by atoms with Crippen molar-refractivity contribution in [3.05, 3.63) is 75.6 Å². The molecule has 1 amide bonds. The Kier molecular flexibility index (Phi) is 8.39. The molecular weight excluding hydrogens is 627 g/mol. The van der Waals surface area contributed by atoms with Crippen molar-refractivity contribution in [3.63, 3.8) is 0 Å². The fourth-order valence-corrected chi connectivity index (χ4v) is 5.66. The molecule has 4 heterocycles. The Morgan fingerprint density at radius 3 is 2.64 bits per heavy atom. The van der Waals surface area contributed by atoms with E-state index in [1.165, 1.54) is 22.9 Å². The fraction of sp³-hybridized carbons (Fsp3) is 0.379. The molecule has 1 N–H and O–H groups in total. The molecule has 0 bridgehead atoms. The van der Waals surface area contributed by atoms with Gasteiger partial charge in [0, 0.05) is 41.7 Å². The van der Waals surface area contributed by atoms with Gasteiger partial charge in [-0.3, -0.25) is 9.36 Å². The van der Waals surface area contributed by atoms with Crippen LogP contribution in [0.5, 0.6) is 5.75 Å². The normalized spacial score (nSPS) is 18.5. The number of carbonyl (C=O) groups excluding carboxylic acids is 1. The van der Waals surface area contributed by atoms with Gasteiger partial charge < -0.3 is 19.7 Å². The number of halogens is 6. The van der Waals surface area contributed by atoms with E-state index in [1.807, 2.05) is 0 Å². The van der Waals surface area contributed by atoms with Crippen LogP contribution in [0.4, 0.5) is 26.7 Å². The minimum absolute atomic E-state index is 0.00472. The highest BCUT2D eigenvalue weighted by Crippen LogP contribution is 2.36. The maximum Gasteiger partial charge on any atom is 0.410 e. The summed E-state index contributed by atoms with van der Waals surface area (Å²) >= 11 is 6.00. The van der Waals surface area contributed by atoms with Crippen LogP contribution in [0.15, 0.2) is 53.6 Å². The number of nitrogens with zero attached hydrogens (tertiary/aromatic N) is 5. The monoisotopic (exact) mass is 652 g/mol. The van der Waals surface area contributed by atoms with Gasteiger partial charge in [0.1, 0.15) is 24.3 Å². The molecule has 2 atom stereocenters. The number of nitrogens with one attached hydrogen (secondary N) is 1. The number of ether oxygens (including phenoxy) is 2. The van der Waals surface area contributed by atoms with E-state index in [4.69, 9.17) is 21.1 Å². The number of aromatic nitrogens is 4. The van der Waals surface area contributed by atoms with Crippen LogP contribution in [-0.4, -0.2) is 68.3 Å². The first-order chi connectivity index (χ1) is 21.4. The average Bonchev–Trinajstić information content (AvgIpc) is 3.63. The number of benzene rings is 2. The standard InChI is InChI=1S/C29H26ClF5N6O4/c30-18-3-1-16(2-4-18)12-40-25(11-36-15-29(33,34)35)38-23-8-21(17-10-37-41(13-17)27(31)32)24(9-22(23)26(40)42)45-20-5-6-39-19(7-20)14-44-28(39)43/h1-4,8-10,13,19-20,27,36H,5-7,11-12,14-15H2/t19-,20-/m0/s1. The van der Waals surface area contributed by atoms with Crippen LogP contribution in [0.1, 0.15) is 30.8 Å². The molecule has 45 heavy (non-hydrogen) atoms. The van der Waals surface area contributed by atoms with Crippen LogP contribution in [-0.2, 0) is 17.8 Å². The van der Waals surface area contributed by atoms with Crippen LogP contribution in [0.2, 0.25) is 5.02 Å². The van der Waals surface area contributed by atoms with Gasteiger partial charge in [0.05, 0.1) is 42.8 Å². The highest BCUT2D eigenvalue weighted by molar-refractivity contribution is 6.30. The molecule has 2 aliphatic rings. The second-order valence-electron chi connectivity index (χ2n) is 10.8. The molecule has 2 saturated heterocycles. The van der Waals surface area contributed by atoms with Gasteiger partial charge in [-0.15, -0.1) is 0 Å².